The van der Waals surface area contributed by atoms with Gasteiger partial charge in [-0.25, -0.2) is 9.97 Å². The van der Waals surface area contributed by atoms with E-state index in [2.05, 4.69) is 15.0 Å². The number of nitrogens with one attached hydrogen (secondary N) is 1. The van der Waals surface area contributed by atoms with Crippen molar-refractivity contribution in [1.82, 2.24) is 15.0 Å². The van der Waals surface area contributed by atoms with Crippen LogP contribution in [0, 0.1) is 6.92 Å². The first-order chi connectivity index (χ1) is 9.63. The maximum Gasteiger partial charge on any atom is 0.258 e. The Bertz CT molecular complexity index is 825. The van der Waals surface area contributed by atoms with Gasteiger partial charge in [-0.3, -0.25) is 4.79 Å². The number of hydrogen-bond acceptors (Lipinski definition) is 6. The standard InChI is InChI=1S/C13H12N4OS2/c1-7-12(20-13(14)15-7)19-6-10-16-9-5-3-2-4-8(9)11(18)17-10/h2-5H,6H2,1H3,(H2,14,15)(H,16,17,18). The molecule has 0 bridgehead atoms. The number of rotatable bonds is 3. The number of nitrogens with zero attached hydrogens (tertiary/aromatic N) is 2. The van der Waals surface area contributed by atoms with Crippen molar-refractivity contribution < 1.29 is 0 Å². The largest absolute Gasteiger partial charge is 0.375 e. The Morgan fingerprint density at radius 1 is 1.35 bits per heavy atom. The Morgan fingerprint density at radius 2 is 2.15 bits per heavy atom. The number of aromatic nitrogens is 3. The Balaban J connectivity index is 1.88. The molecule has 0 radical (unpaired) electrons. The lowest BCUT2D eigenvalue weighted by atomic mass is 10.2. The van der Waals surface area contributed by atoms with Gasteiger partial charge < -0.3 is 10.7 Å². The molecule has 0 aliphatic heterocycles. The smallest absolute Gasteiger partial charge is 0.258 e. The molecule has 3 rings (SSSR count). The second-order valence-electron chi connectivity index (χ2n) is 4.24. The molecule has 0 atom stereocenters. The van der Waals surface area contributed by atoms with Crippen LogP contribution in [0.1, 0.15) is 11.5 Å². The molecule has 3 aromatic rings. The van der Waals surface area contributed by atoms with Gasteiger partial charge in [-0.2, -0.15) is 0 Å². The topological polar surface area (TPSA) is 84.7 Å². The first kappa shape index (κ1) is 13.1. The van der Waals surface area contributed by atoms with E-state index in [1.807, 2.05) is 25.1 Å². The van der Waals surface area contributed by atoms with Gasteiger partial charge in [0.05, 0.1) is 26.6 Å². The van der Waals surface area contributed by atoms with Crippen LogP contribution in [0.4, 0.5) is 5.13 Å². The minimum atomic E-state index is -0.105. The first-order valence-corrected chi connectivity index (χ1v) is 7.77. The van der Waals surface area contributed by atoms with Crippen LogP contribution in [0.15, 0.2) is 33.3 Å². The van der Waals surface area contributed by atoms with Crippen LogP contribution in [0.25, 0.3) is 10.9 Å². The molecule has 0 unspecified atom stereocenters. The molecule has 0 saturated carbocycles. The summed E-state index contributed by atoms with van der Waals surface area (Å²) in [4.78, 5) is 23.4. The van der Waals surface area contributed by atoms with Crippen LogP contribution in [-0.4, -0.2) is 15.0 Å². The van der Waals surface area contributed by atoms with Gasteiger partial charge >= 0.3 is 0 Å². The molecule has 2 heterocycles. The van der Waals surface area contributed by atoms with Gasteiger partial charge in [-0.1, -0.05) is 23.5 Å². The van der Waals surface area contributed by atoms with Crippen molar-refractivity contribution in [3.8, 4) is 0 Å². The fraction of sp³-hybridized carbons (Fsp3) is 0.154. The molecule has 5 nitrogen and oxygen atoms in total. The highest BCUT2D eigenvalue weighted by Crippen LogP contribution is 2.32. The van der Waals surface area contributed by atoms with Gasteiger partial charge in [0.15, 0.2) is 5.13 Å². The number of aromatic amines is 1. The number of para-hydroxylation sites is 1. The van der Waals surface area contributed by atoms with Crippen LogP contribution < -0.4 is 11.3 Å². The molecule has 0 fully saturated rings. The van der Waals surface area contributed by atoms with Crippen molar-refractivity contribution in [2.24, 2.45) is 0 Å². The van der Waals surface area contributed by atoms with Crippen LogP contribution in [-0.2, 0) is 5.75 Å². The van der Waals surface area contributed by atoms with Crippen molar-refractivity contribution in [3.05, 3.63) is 46.1 Å². The zero-order valence-corrected chi connectivity index (χ0v) is 12.3. The Labute approximate surface area is 123 Å². The number of nitrogen functional groups attached to an aromatic ring is 1. The maximum atomic E-state index is 11.9. The van der Waals surface area contributed by atoms with E-state index in [4.69, 9.17) is 5.73 Å². The van der Waals surface area contributed by atoms with Crippen molar-refractivity contribution in [1.29, 1.82) is 0 Å². The van der Waals surface area contributed by atoms with E-state index < -0.39 is 0 Å². The molecular weight excluding hydrogens is 292 g/mol. The third-order valence-corrected chi connectivity index (χ3v) is 5.13. The molecule has 0 saturated heterocycles. The zero-order chi connectivity index (χ0) is 14.1. The Kier molecular flexibility index (Phi) is 3.45. The monoisotopic (exact) mass is 304 g/mol. The second kappa shape index (κ2) is 5.26. The van der Waals surface area contributed by atoms with E-state index in [1.165, 1.54) is 11.3 Å². The Morgan fingerprint density at radius 3 is 2.90 bits per heavy atom. The van der Waals surface area contributed by atoms with E-state index in [0.29, 0.717) is 27.6 Å². The molecular formula is C13H12N4OS2. The summed E-state index contributed by atoms with van der Waals surface area (Å²) < 4.78 is 1.05. The van der Waals surface area contributed by atoms with Crippen molar-refractivity contribution in [2.75, 3.05) is 5.73 Å². The number of hydrogen-bond donors (Lipinski definition) is 2. The second-order valence-corrected chi connectivity index (χ2v) is 6.52. The zero-order valence-electron chi connectivity index (χ0n) is 10.7. The van der Waals surface area contributed by atoms with E-state index >= 15 is 0 Å². The number of H-pyrrole nitrogens is 1. The molecule has 102 valence electrons. The lowest BCUT2D eigenvalue weighted by Gasteiger charge is -2.02. The van der Waals surface area contributed by atoms with Gasteiger partial charge in [0.25, 0.3) is 5.56 Å². The summed E-state index contributed by atoms with van der Waals surface area (Å²) >= 11 is 3.03. The van der Waals surface area contributed by atoms with Gasteiger partial charge in [-0.15, -0.1) is 11.8 Å². The predicted molar refractivity (Wildman–Crippen MR) is 83.2 cm³/mol. The highest BCUT2D eigenvalue weighted by Gasteiger charge is 2.08. The molecule has 7 heteroatoms. The molecule has 0 amide bonds. The van der Waals surface area contributed by atoms with E-state index in [9.17, 15) is 4.79 Å². The van der Waals surface area contributed by atoms with E-state index in [-0.39, 0.29) is 5.56 Å². The third-order valence-electron chi connectivity index (χ3n) is 2.77. The lowest BCUT2D eigenvalue weighted by molar-refractivity contribution is 1.04. The van der Waals surface area contributed by atoms with Crippen LogP contribution in [0.5, 0.6) is 0 Å². The van der Waals surface area contributed by atoms with Crippen molar-refractivity contribution in [2.45, 2.75) is 16.9 Å². The van der Waals surface area contributed by atoms with Gasteiger partial charge in [-0.05, 0) is 19.1 Å². The number of nitrogens with two attached hydrogens (primary N) is 1. The maximum absolute atomic E-state index is 11.9. The van der Waals surface area contributed by atoms with Crippen molar-refractivity contribution in [3.63, 3.8) is 0 Å². The summed E-state index contributed by atoms with van der Waals surface area (Å²) in [6.45, 7) is 1.92. The molecule has 3 N–H and O–H groups in total. The molecule has 2 aromatic heterocycles. The number of benzene rings is 1. The number of thioether (sulfide) groups is 1. The third kappa shape index (κ3) is 2.54. The van der Waals surface area contributed by atoms with E-state index in [0.717, 1.165) is 9.90 Å². The molecule has 0 spiro atoms. The minimum absolute atomic E-state index is 0.105. The Hall–Kier alpha value is -1.86. The van der Waals surface area contributed by atoms with Crippen LogP contribution >= 0.6 is 23.1 Å². The van der Waals surface area contributed by atoms with E-state index in [1.54, 1.807) is 17.8 Å². The quantitative estimate of drug-likeness (QED) is 0.726. The summed E-state index contributed by atoms with van der Waals surface area (Å²) in [5.41, 5.74) is 7.20. The van der Waals surface area contributed by atoms with Crippen molar-refractivity contribution >= 4 is 39.1 Å². The average molecular weight is 304 g/mol. The molecule has 20 heavy (non-hydrogen) atoms. The first-order valence-electron chi connectivity index (χ1n) is 5.97. The number of thiazole rings is 1. The summed E-state index contributed by atoms with van der Waals surface area (Å²) in [6.07, 6.45) is 0. The summed E-state index contributed by atoms with van der Waals surface area (Å²) in [5, 5.41) is 1.17. The number of anilines is 1. The SMILES string of the molecule is Cc1nc(N)sc1SCc1nc2ccccc2c(=O)[nH]1. The molecule has 1 aromatic carbocycles. The number of aryl methyl sites for hydroxylation is 1. The fourth-order valence-corrected chi connectivity index (χ4v) is 3.77. The predicted octanol–water partition coefficient (Wildman–Crippen LogP) is 2.56. The minimum Gasteiger partial charge on any atom is -0.375 e. The average Bonchev–Trinajstić information content (AvgIpc) is 2.75. The molecule has 0 aliphatic carbocycles. The van der Waals surface area contributed by atoms with Crippen LogP contribution in [0.3, 0.4) is 0 Å². The summed E-state index contributed by atoms with van der Waals surface area (Å²) in [6, 6.07) is 7.32. The van der Waals surface area contributed by atoms with Crippen LogP contribution in [0.2, 0.25) is 0 Å². The number of fused-ring (bicyclic) bond motifs is 1. The molecule has 0 aliphatic rings. The fourth-order valence-electron chi connectivity index (χ4n) is 1.87. The van der Waals surface area contributed by atoms with Gasteiger partial charge in [0.1, 0.15) is 5.82 Å². The summed E-state index contributed by atoms with van der Waals surface area (Å²) in [7, 11) is 0. The van der Waals surface area contributed by atoms with Gasteiger partial charge in [0, 0.05) is 0 Å². The highest BCUT2D eigenvalue weighted by atomic mass is 32.2. The highest BCUT2D eigenvalue weighted by molar-refractivity contribution is 8.00. The lowest BCUT2D eigenvalue weighted by Crippen LogP contribution is -2.11. The van der Waals surface area contributed by atoms with Gasteiger partial charge in [0.2, 0.25) is 0 Å². The normalized spacial score (nSPS) is 11.1. The summed E-state index contributed by atoms with van der Waals surface area (Å²) in [5.74, 6) is 1.24.